The monoisotopic (exact) mass is 291 g/mol. The van der Waals surface area contributed by atoms with E-state index in [2.05, 4.69) is 4.74 Å². The standard InChI is InChI=1S/C13H16F3NO3/c1-3-7(2)11(12(18)19)9-6-8(4-5-10(9)17)20-13(14,15)16/h4-7,11H,3,17H2,1-2H3,(H,18,19). The van der Waals surface area contributed by atoms with Crippen molar-refractivity contribution in [2.75, 3.05) is 5.73 Å². The molecule has 2 unspecified atom stereocenters. The summed E-state index contributed by atoms with van der Waals surface area (Å²) in [6.07, 6.45) is -4.27. The second-order valence-electron chi connectivity index (χ2n) is 4.54. The molecular weight excluding hydrogens is 275 g/mol. The highest BCUT2D eigenvalue weighted by molar-refractivity contribution is 5.79. The van der Waals surface area contributed by atoms with Gasteiger partial charge in [0.25, 0.3) is 0 Å². The van der Waals surface area contributed by atoms with Crippen molar-refractivity contribution in [3.8, 4) is 5.75 Å². The lowest BCUT2D eigenvalue weighted by Gasteiger charge is -2.21. The first kappa shape index (κ1) is 16.1. The molecule has 1 aromatic carbocycles. The molecule has 0 amide bonds. The number of benzene rings is 1. The van der Waals surface area contributed by atoms with Crippen LogP contribution >= 0.6 is 0 Å². The molecule has 0 fully saturated rings. The van der Waals surface area contributed by atoms with Crippen molar-refractivity contribution in [1.29, 1.82) is 0 Å². The van der Waals surface area contributed by atoms with Gasteiger partial charge >= 0.3 is 12.3 Å². The lowest BCUT2D eigenvalue weighted by Crippen LogP contribution is -2.21. The summed E-state index contributed by atoms with van der Waals surface area (Å²) < 4.78 is 40.4. The van der Waals surface area contributed by atoms with Crippen LogP contribution in [-0.4, -0.2) is 17.4 Å². The Labute approximate surface area is 114 Å². The van der Waals surface area contributed by atoms with Gasteiger partial charge in [-0.1, -0.05) is 20.3 Å². The molecule has 20 heavy (non-hydrogen) atoms. The Bertz CT molecular complexity index is 488. The Balaban J connectivity index is 3.21. The predicted molar refractivity (Wildman–Crippen MR) is 67.4 cm³/mol. The summed E-state index contributed by atoms with van der Waals surface area (Å²) in [4.78, 5) is 11.3. The normalized spacial score (nSPS) is 14.7. The summed E-state index contributed by atoms with van der Waals surface area (Å²) in [5.41, 5.74) is 5.95. The van der Waals surface area contributed by atoms with Gasteiger partial charge in [-0.05, 0) is 29.7 Å². The maximum Gasteiger partial charge on any atom is 0.573 e. The van der Waals surface area contributed by atoms with Crippen molar-refractivity contribution < 1.29 is 27.8 Å². The zero-order valence-corrected chi connectivity index (χ0v) is 11.1. The summed E-state index contributed by atoms with van der Waals surface area (Å²) in [7, 11) is 0. The molecule has 0 radical (unpaired) electrons. The van der Waals surface area contributed by atoms with Crippen molar-refractivity contribution in [3.63, 3.8) is 0 Å². The molecule has 0 aliphatic rings. The van der Waals surface area contributed by atoms with Crippen LogP contribution in [0.15, 0.2) is 18.2 Å². The Morgan fingerprint density at radius 3 is 2.50 bits per heavy atom. The SMILES string of the molecule is CCC(C)C(C(=O)O)c1cc(OC(F)(F)F)ccc1N. The molecule has 0 bridgehead atoms. The first-order valence-corrected chi connectivity index (χ1v) is 6.03. The Morgan fingerprint density at radius 2 is 2.05 bits per heavy atom. The van der Waals surface area contributed by atoms with Gasteiger partial charge in [-0.25, -0.2) is 0 Å². The first-order valence-electron chi connectivity index (χ1n) is 6.03. The van der Waals surface area contributed by atoms with Crippen LogP contribution in [0.2, 0.25) is 0 Å². The summed E-state index contributed by atoms with van der Waals surface area (Å²) in [5.74, 6) is -2.85. The number of alkyl halides is 3. The van der Waals surface area contributed by atoms with E-state index in [1.54, 1.807) is 13.8 Å². The number of nitrogen functional groups attached to an aromatic ring is 1. The van der Waals surface area contributed by atoms with Crippen molar-refractivity contribution in [3.05, 3.63) is 23.8 Å². The molecule has 7 heteroatoms. The van der Waals surface area contributed by atoms with Gasteiger partial charge in [0.15, 0.2) is 0 Å². The zero-order valence-electron chi connectivity index (χ0n) is 11.1. The fourth-order valence-corrected chi connectivity index (χ4v) is 1.94. The van der Waals surface area contributed by atoms with Crippen LogP contribution in [0, 0.1) is 5.92 Å². The summed E-state index contributed by atoms with van der Waals surface area (Å²) >= 11 is 0. The molecule has 0 heterocycles. The molecule has 0 spiro atoms. The minimum Gasteiger partial charge on any atom is -0.481 e. The van der Waals surface area contributed by atoms with E-state index in [1.165, 1.54) is 6.07 Å². The van der Waals surface area contributed by atoms with Gasteiger partial charge in [0.2, 0.25) is 0 Å². The van der Waals surface area contributed by atoms with E-state index in [0.29, 0.717) is 6.42 Å². The molecule has 0 aliphatic carbocycles. The quantitative estimate of drug-likeness (QED) is 0.816. The topological polar surface area (TPSA) is 72.5 Å². The molecule has 0 aromatic heterocycles. The molecule has 1 aromatic rings. The zero-order chi connectivity index (χ0) is 15.5. The van der Waals surface area contributed by atoms with Crippen LogP contribution in [0.1, 0.15) is 31.7 Å². The number of ether oxygens (including phenoxy) is 1. The van der Waals surface area contributed by atoms with Crippen molar-refractivity contribution >= 4 is 11.7 Å². The minimum atomic E-state index is -4.83. The number of nitrogens with two attached hydrogens (primary N) is 1. The second kappa shape index (κ2) is 6.02. The fourth-order valence-electron chi connectivity index (χ4n) is 1.94. The van der Waals surface area contributed by atoms with E-state index in [0.717, 1.165) is 12.1 Å². The third-order valence-corrected chi connectivity index (χ3v) is 3.11. The van der Waals surface area contributed by atoms with E-state index in [-0.39, 0.29) is 17.2 Å². The van der Waals surface area contributed by atoms with Crippen LogP contribution in [0.4, 0.5) is 18.9 Å². The molecule has 0 saturated carbocycles. The first-order chi connectivity index (χ1) is 9.15. The average molecular weight is 291 g/mol. The van der Waals surface area contributed by atoms with Crippen molar-refractivity contribution in [1.82, 2.24) is 0 Å². The fraction of sp³-hybridized carbons (Fsp3) is 0.462. The lowest BCUT2D eigenvalue weighted by atomic mass is 9.85. The largest absolute Gasteiger partial charge is 0.573 e. The number of aliphatic carboxylic acids is 1. The minimum absolute atomic E-state index is 0.132. The van der Waals surface area contributed by atoms with E-state index in [1.807, 2.05) is 0 Å². The van der Waals surface area contributed by atoms with Crippen LogP contribution in [0.25, 0.3) is 0 Å². The average Bonchev–Trinajstić information content (AvgIpc) is 2.30. The van der Waals surface area contributed by atoms with Gasteiger partial charge in [0.1, 0.15) is 5.75 Å². The van der Waals surface area contributed by atoms with Crippen LogP contribution in [-0.2, 0) is 4.79 Å². The summed E-state index contributed by atoms with van der Waals surface area (Å²) in [5, 5.41) is 9.26. The Hall–Kier alpha value is -1.92. The number of carbonyl (C=O) groups is 1. The van der Waals surface area contributed by atoms with Crippen LogP contribution in [0.3, 0.4) is 0 Å². The molecule has 2 atom stereocenters. The highest BCUT2D eigenvalue weighted by atomic mass is 19.4. The third kappa shape index (κ3) is 4.04. The Morgan fingerprint density at radius 1 is 1.45 bits per heavy atom. The molecule has 0 aliphatic heterocycles. The molecule has 112 valence electrons. The van der Waals surface area contributed by atoms with E-state index in [9.17, 15) is 23.1 Å². The predicted octanol–water partition coefficient (Wildman–Crippen LogP) is 3.38. The van der Waals surface area contributed by atoms with E-state index in [4.69, 9.17) is 5.73 Å². The number of carboxylic acids is 1. The van der Waals surface area contributed by atoms with E-state index < -0.39 is 24.0 Å². The van der Waals surface area contributed by atoms with Crippen LogP contribution in [0.5, 0.6) is 5.75 Å². The number of anilines is 1. The Kier molecular flexibility index (Phi) is 4.86. The molecule has 0 saturated heterocycles. The summed E-state index contributed by atoms with van der Waals surface area (Å²) in [6, 6.07) is 3.31. The highest BCUT2D eigenvalue weighted by Crippen LogP contribution is 2.35. The van der Waals surface area contributed by atoms with Crippen molar-refractivity contribution in [2.45, 2.75) is 32.5 Å². The van der Waals surface area contributed by atoms with Gasteiger partial charge < -0.3 is 15.6 Å². The van der Waals surface area contributed by atoms with Gasteiger partial charge in [-0.2, -0.15) is 0 Å². The van der Waals surface area contributed by atoms with Crippen molar-refractivity contribution in [2.24, 2.45) is 5.92 Å². The number of hydrogen-bond donors (Lipinski definition) is 2. The van der Waals surface area contributed by atoms with E-state index >= 15 is 0 Å². The number of hydrogen-bond acceptors (Lipinski definition) is 3. The lowest BCUT2D eigenvalue weighted by molar-refractivity contribution is -0.274. The van der Waals surface area contributed by atoms with Gasteiger partial charge in [-0.3, -0.25) is 4.79 Å². The third-order valence-electron chi connectivity index (χ3n) is 3.11. The smallest absolute Gasteiger partial charge is 0.481 e. The maximum absolute atomic E-state index is 12.2. The van der Waals surface area contributed by atoms with Gasteiger partial charge in [0, 0.05) is 5.69 Å². The summed E-state index contributed by atoms with van der Waals surface area (Å²) in [6.45, 7) is 3.50. The number of carboxylic acid groups (broad SMARTS) is 1. The van der Waals surface area contributed by atoms with Gasteiger partial charge in [-0.15, -0.1) is 13.2 Å². The molecule has 3 N–H and O–H groups in total. The van der Waals surface area contributed by atoms with Gasteiger partial charge in [0.05, 0.1) is 5.92 Å². The number of halogens is 3. The number of rotatable bonds is 5. The second-order valence-corrected chi connectivity index (χ2v) is 4.54. The molecule has 1 rings (SSSR count). The molecular formula is C13H16F3NO3. The van der Waals surface area contributed by atoms with Crippen LogP contribution < -0.4 is 10.5 Å². The highest BCUT2D eigenvalue weighted by Gasteiger charge is 2.33. The maximum atomic E-state index is 12.2. The molecule has 4 nitrogen and oxygen atoms in total.